The zero-order chi connectivity index (χ0) is 4.41. The molecule has 3 heteroatoms. The van der Waals surface area contributed by atoms with Gasteiger partial charge in [-0.2, -0.15) is 0 Å². The third-order valence-corrected chi connectivity index (χ3v) is 0.608. The molecule has 0 aromatic rings. The van der Waals surface area contributed by atoms with E-state index in [9.17, 15) is 5.21 Å². The number of hydrazine groups is 1. The van der Waals surface area contributed by atoms with E-state index in [0.29, 0.717) is 6.54 Å². The van der Waals surface area contributed by atoms with E-state index in [2.05, 4.69) is 5.43 Å². The predicted molar refractivity (Wildman–Crippen MR) is 22.3 cm³/mol. The Bertz CT molecular complexity index is 63.2. The van der Waals surface area contributed by atoms with Gasteiger partial charge < -0.3 is 10.6 Å². The van der Waals surface area contributed by atoms with Gasteiger partial charge in [0.2, 0.25) is 0 Å². The highest BCUT2D eigenvalue weighted by molar-refractivity contribution is 4.88. The molecule has 0 radical (unpaired) electrons. The van der Waals surface area contributed by atoms with E-state index in [-0.39, 0.29) is 0 Å². The molecule has 1 aliphatic rings. The molecule has 0 aromatic heterocycles. The molecule has 0 saturated carbocycles. The first-order valence-electron chi connectivity index (χ1n) is 1.75. The zero-order valence-electron chi connectivity index (χ0n) is 3.22. The van der Waals surface area contributed by atoms with E-state index >= 15 is 0 Å². The minimum absolute atomic E-state index is 0.472. The summed E-state index contributed by atoms with van der Waals surface area (Å²) in [6.45, 7) is 0.472. The van der Waals surface area contributed by atoms with E-state index in [0.717, 1.165) is 5.17 Å². The molecule has 0 aliphatic carbocycles. The van der Waals surface area contributed by atoms with Crippen LogP contribution in [0.5, 0.6) is 0 Å². The van der Waals surface area contributed by atoms with Crippen LogP contribution in [-0.2, 0) is 0 Å². The average molecular weight is 85.1 g/mol. The van der Waals surface area contributed by atoms with E-state index in [4.69, 9.17) is 0 Å². The Kier molecular flexibility index (Phi) is 0.777. The molecule has 0 amide bonds. The van der Waals surface area contributed by atoms with Crippen LogP contribution in [0.4, 0.5) is 0 Å². The van der Waals surface area contributed by atoms with Crippen LogP contribution in [0.15, 0.2) is 12.3 Å². The zero-order valence-corrected chi connectivity index (χ0v) is 3.22. The summed E-state index contributed by atoms with van der Waals surface area (Å²) in [6.07, 6.45) is 3.38. The van der Waals surface area contributed by atoms with Crippen molar-refractivity contribution in [3.05, 3.63) is 17.5 Å². The lowest BCUT2D eigenvalue weighted by molar-refractivity contribution is 0.378. The lowest BCUT2D eigenvalue weighted by Crippen LogP contribution is -2.21. The van der Waals surface area contributed by atoms with Crippen molar-refractivity contribution in [3.8, 4) is 0 Å². The van der Waals surface area contributed by atoms with Crippen molar-refractivity contribution in [2.24, 2.45) is 0 Å². The molecule has 0 spiro atoms. The first-order valence-corrected chi connectivity index (χ1v) is 1.75. The first-order chi connectivity index (χ1) is 2.89. The number of rotatable bonds is 0. The smallest absolute Gasteiger partial charge is 0.0241 e. The van der Waals surface area contributed by atoms with Crippen molar-refractivity contribution in [2.75, 3.05) is 6.54 Å². The molecule has 0 unspecified atom stereocenters. The molecule has 1 rings (SSSR count). The van der Waals surface area contributed by atoms with Gasteiger partial charge in [-0.05, 0) is 0 Å². The molecule has 6 heavy (non-hydrogen) atoms. The number of hydrogen-bond donors (Lipinski definition) is 1. The fourth-order valence-electron chi connectivity index (χ4n) is 0.337. The number of hydrogen-bond acceptors (Lipinski definition) is 3. The highest BCUT2D eigenvalue weighted by Crippen LogP contribution is 1.84. The number of nitrogens with zero attached hydrogens (tertiary/aromatic N) is 1. The Labute approximate surface area is 35.8 Å². The summed E-state index contributed by atoms with van der Waals surface area (Å²) >= 11 is 0. The Morgan fingerprint density at radius 2 is 2.67 bits per heavy atom. The second-order valence-corrected chi connectivity index (χ2v) is 1.09. The molecule has 3 nitrogen and oxygen atoms in total. The second-order valence-electron chi connectivity index (χ2n) is 1.09. The molecule has 34 valence electrons. The molecule has 1 aliphatic heterocycles. The molecule has 0 bridgehead atoms. The van der Waals surface area contributed by atoms with Crippen LogP contribution < -0.4 is 5.43 Å². The third kappa shape index (κ3) is 0.502. The van der Waals surface area contributed by atoms with Crippen LogP contribution in [0.2, 0.25) is 0 Å². The molecule has 0 saturated heterocycles. The number of nitrogens with one attached hydrogen (secondary N) is 1. The van der Waals surface area contributed by atoms with Crippen LogP contribution in [-0.4, -0.2) is 11.7 Å². The topological polar surface area (TPSA) is 38.3 Å². The fraction of sp³-hybridized carbons (Fsp3) is 0.333. The van der Waals surface area contributed by atoms with Crippen molar-refractivity contribution >= 4 is 0 Å². The van der Waals surface area contributed by atoms with Crippen LogP contribution in [0.3, 0.4) is 0 Å². The van der Waals surface area contributed by atoms with Crippen molar-refractivity contribution in [2.45, 2.75) is 0 Å². The van der Waals surface area contributed by atoms with E-state index in [1.807, 2.05) is 0 Å². The normalized spacial score (nSPS) is 21.5. The summed E-state index contributed by atoms with van der Waals surface area (Å²) in [5.41, 5.74) is 2.42. The standard InChI is InChI=1S/C3H5N2O/c6-5-3-1-2-4-5/h1-2,4H,3H2/q-1. The highest BCUT2D eigenvalue weighted by Gasteiger charge is 1.85. The van der Waals surface area contributed by atoms with Gasteiger partial charge in [0.25, 0.3) is 0 Å². The maximum Gasteiger partial charge on any atom is 0.0241 e. The fourth-order valence-corrected chi connectivity index (χ4v) is 0.337. The summed E-state index contributed by atoms with van der Waals surface area (Å²) in [5, 5.41) is 10.7. The quantitative estimate of drug-likeness (QED) is 0.443. The minimum Gasteiger partial charge on any atom is -0.767 e. The maximum atomic E-state index is 9.99. The lowest BCUT2D eigenvalue weighted by atomic mass is 10.7. The molecule has 1 heterocycles. The van der Waals surface area contributed by atoms with Crippen LogP contribution >= 0.6 is 0 Å². The highest BCUT2D eigenvalue weighted by atomic mass is 16.5. The summed E-state index contributed by atoms with van der Waals surface area (Å²) in [6, 6.07) is 0. The van der Waals surface area contributed by atoms with Crippen molar-refractivity contribution in [1.82, 2.24) is 10.6 Å². The monoisotopic (exact) mass is 85.0 g/mol. The van der Waals surface area contributed by atoms with E-state index in [1.54, 1.807) is 12.3 Å². The largest absolute Gasteiger partial charge is 0.767 e. The number of hydroxylamine groups is 1. The molecule has 0 fully saturated rings. The average Bonchev–Trinajstić information content (AvgIpc) is 1.86. The molecule has 1 N–H and O–H groups in total. The van der Waals surface area contributed by atoms with Crippen LogP contribution in [0, 0.1) is 5.21 Å². The SMILES string of the molecule is [O-]N1CC=CN1. The van der Waals surface area contributed by atoms with Crippen LogP contribution in [0.1, 0.15) is 0 Å². The molecular weight excluding hydrogens is 80.0 g/mol. The predicted octanol–water partition coefficient (Wildman–Crippen LogP) is -0.182. The minimum atomic E-state index is 0.472. The summed E-state index contributed by atoms with van der Waals surface area (Å²) in [7, 11) is 0. The van der Waals surface area contributed by atoms with Crippen molar-refractivity contribution < 1.29 is 0 Å². The second kappa shape index (κ2) is 1.28. The Morgan fingerprint density at radius 3 is 2.83 bits per heavy atom. The van der Waals surface area contributed by atoms with Gasteiger partial charge in [0.05, 0.1) is 0 Å². The van der Waals surface area contributed by atoms with Gasteiger partial charge in [0.1, 0.15) is 0 Å². The summed E-state index contributed by atoms with van der Waals surface area (Å²) in [5.74, 6) is 0. The molecular formula is C3H5N2O-. The Balaban J connectivity index is 2.32. The Morgan fingerprint density at radius 1 is 1.83 bits per heavy atom. The van der Waals surface area contributed by atoms with E-state index in [1.165, 1.54) is 0 Å². The summed E-state index contributed by atoms with van der Waals surface area (Å²) in [4.78, 5) is 0. The van der Waals surface area contributed by atoms with Crippen molar-refractivity contribution in [1.29, 1.82) is 0 Å². The van der Waals surface area contributed by atoms with E-state index < -0.39 is 0 Å². The van der Waals surface area contributed by atoms with Crippen LogP contribution in [0.25, 0.3) is 0 Å². The van der Waals surface area contributed by atoms with Gasteiger partial charge >= 0.3 is 0 Å². The lowest BCUT2D eigenvalue weighted by Gasteiger charge is -2.19. The van der Waals surface area contributed by atoms with Gasteiger partial charge in [0, 0.05) is 12.7 Å². The third-order valence-electron chi connectivity index (χ3n) is 0.608. The van der Waals surface area contributed by atoms with Gasteiger partial charge in [-0.1, -0.05) is 6.08 Å². The first kappa shape index (κ1) is 3.64. The Hall–Kier alpha value is -0.540. The maximum absolute atomic E-state index is 9.99. The summed E-state index contributed by atoms with van der Waals surface area (Å²) < 4.78 is 0. The van der Waals surface area contributed by atoms with Gasteiger partial charge in [-0.15, -0.1) is 0 Å². The van der Waals surface area contributed by atoms with Gasteiger partial charge in [-0.25, -0.2) is 0 Å². The van der Waals surface area contributed by atoms with Gasteiger partial charge in [-0.3, -0.25) is 5.17 Å². The molecule has 0 aromatic carbocycles. The van der Waals surface area contributed by atoms with Crippen molar-refractivity contribution in [3.63, 3.8) is 0 Å². The molecule has 0 atom stereocenters. The van der Waals surface area contributed by atoms with Gasteiger partial charge in [0.15, 0.2) is 0 Å².